The Kier molecular flexibility index (Phi) is 4.54. The van der Waals surface area contributed by atoms with Crippen LogP contribution in [0.25, 0.3) is 0 Å². The fraction of sp³-hybridized carbons (Fsp3) is 0.909. The molecule has 1 saturated carbocycles. The molecule has 0 unspecified atom stereocenters. The third-order valence-corrected chi connectivity index (χ3v) is 3.06. The van der Waals surface area contributed by atoms with Crippen molar-refractivity contribution in [3.63, 3.8) is 0 Å². The van der Waals surface area contributed by atoms with Gasteiger partial charge < -0.3 is 14.2 Å². The van der Waals surface area contributed by atoms with Crippen molar-refractivity contribution in [2.24, 2.45) is 5.92 Å². The van der Waals surface area contributed by atoms with Crippen LogP contribution in [0, 0.1) is 5.92 Å². The second kappa shape index (κ2) is 5.47. The Morgan fingerprint density at radius 1 is 1.33 bits per heavy atom. The Hall–Kier alpha value is -0.610. The third-order valence-electron chi connectivity index (χ3n) is 3.06. The second-order valence-corrected chi connectivity index (χ2v) is 3.77. The molecule has 1 aliphatic carbocycles. The van der Waals surface area contributed by atoms with Crippen molar-refractivity contribution in [2.75, 3.05) is 20.8 Å². The average Bonchev–Trinajstić information content (AvgIpc) is 2.29. The van der Waals surface area contributed by atoms with E-state index in [-0.39, 0.29) is 11.9 Å². The quantitative estimate of drug-likeness (QED) is 0.530. The molecule has 1 atom stereocenters. The van der Waals surface area contributed by atoms with Gasteiger partial charge in [0.2, 0.25) is 0 Å². The summed E-state index contributed by atoms with van der Waals surface area (Å²) in [5, 5.41) is 0. The number of carbonyl (C=O) groups is 1. The molecule has 15 heavy (non-hydrogen) atoms. The van der Waals surface area contributed by atoms with Crippen LogP contribution in [0.1, 0.15) is 32.6 Å². The molecule has 88 valence electrons. The fourth-order valence-electron chi connectivity index (χ4n) is 2.23. The van der Waals surface area contributed by atoms with Crippen LogP contribution in [0.5, 0.6) is 0 Å². The molecule has 0 aromatic carbocycles. The summed E-state index contributed by atoms with van der Waals surface area (Å²) < 4.78 is 15.8. The Balaban J connectivity index is 2.76. The van der Waals surface area contributed by atoms with E-state index in [1.54, 1.807) is 14.2 Å². The molecule has 0 saturated heterocycles. The predicted octanol–water partition coefficient (Wildman–Crippen LogP) is 1.73. The van der Waals surface area contributed by atoms with Gasteiger partial charge in [-0.15, -0.1) is 0 Å². The van der Waals surface area contributed by atoms with Gasteiger partial charge in [-0.2, -0.15) is 0 Å². The van der Waals surface area contributed by atoms with Crippen LogP contribution in [-0.4, -0.2) is 32.6 Å². The summed E-state index contributed by atoms with van der Waals surface area (Å²) in [5.41, 5.74) is 0. The first kappa shape index (κ1) is 12.5. The van der Waals surface area contributed by atoms with E-state index in [1.165, 1.54) is 0 Å². The van der Waals surface area contributed by atoms with E-state index in [0.29, 0.717) is 6.61 Å². The van der Waals surface area contributed by atoms with Crippen molar-refractivity contribution in [3.05, 3.63) is 0 Å². The summed E-state index contributed by atoms with van der Waals surface area (Å²) in [7, 11) is 3.17. The van der Waals surface area contributed by atoms with Crippen LogP contribution in [0.15, 0.2) is 0 Å². The normalized spacial score (nSPS) is 24.9. The first-order valence-electron chi connectivity index (χ1n) is 5.47. The van der Waals surface area contributed by atoms with E-state index in [9.17, 15) is 4.79 Å². The monoisotopic (exact) mass is 216 g/mol. The number of methoxy groups -OCH3 is 2. The Morgan fingerprint density at radius 2 is 2.00 bits per heavy atom. The molecule has 0 amide bonds. The summed E-state index contributed by atoms with van der Waals surface area (Å²) >= 11 is 0. The molecule has 4 heteroatoms. The number of hydrogen-bond donors (Lipinski definition) is 0. The van der Waals surface area contributed by atoms with E-state index in [4.69, 9.17) is 14.2 Å². The van der Waals surface area contributed by atoms with Crippen LogP contribution in [0.3, 0.4) is 0 Å². The second-order valence-electron chi connectivity index (χ2n) is 3.77. The molecule has 0 bridgehead atoms. The average molecular weight is 216 g/mol. The Morgan fingerprint density at radius 3 is 2.53 bits per heavy atom. The van der Waals surface area contributed by atoms with Gasteiger partial charge in [0.15, 0.2) is 5.79 Å². The highest BCUT2D eigenvalue weighted by atomic mass is 16.7. The van der Waals surface area contributed by atoms with Crippen molar-refractivity contribution in [1.29, 1.82) is 0 Å². The lowest BCUT2D eigenvalue weighted by atomic mass is 9.83. The molecule has 0 aromatic heterocycles. The van der Waals surface area contributed by atoms with E-state index >= 15 is 0 Å². The van der Waals surface area contributed by atoms with Gasteiger partial charge in [0, 0.05) is 20.6 Å². The van der Waals surface area contributed by atoms with Crippen LogP contribution in [0.4, 0.5) is 0 Å². The van der Waals surface area contributed by atoms with E-state index in [0.717, 1.165) is 25.7 Å². The molecule has 4 nitrogen and oxygen atoms in total. The zero-order valence-corrected chi connectivity index (χ0v) is 9.75. The molecule has 0 radical (unpaired) electrons. The third kappa shape index (κ3) is 2.49. The van der Waals surface area contributed by atoms with Gasteiger partial charge in [-0.3, -0.25) is 4.79 Å². The minimum atomic E-state index is -0.773. The molecule has 1 fully saturated rings. The zero-order chi connectivity index (χ0) is 11.3. The van der Waals surface area contributed by atoms with Crippen molar-refractivity contribution in [3.8, 4) is 0 Å². The summed E-state index contributed by atoms with van der Waals surface area (Å²) in [6.45, 7) is 2.21. The van der Waals surface area contributed by atoms with Gasteiger partial charge in [-0.05, 0) is 19.8 Å². The summed E-state index contributed by atoms with van der Waals surface area (Å²) in [5.74, 6) is -1.27. The summed E-state index contributed by atoms with van der Waals surface area (Å²) in [4.78, 5) is 11.7. The zero-order valence-electron chi connectivity index (χ0n) is 9.75. The molecular formula is C11H20O4. The minimum absolute atomic E-state index is 0.207. The Bertz CT molecular complexity index is 211. The highest BCUT2D eigenvalue weighted by Crippen LogP contribution is 2.37. The van der Waals surface area contributed by atoms with Crippen LogP contribution in [-0.2, 0) is 19.0 Å². The van der Waals surface area contributed by atoms with Crippen molar-refractivity contribution in [1.82, 2.24) is 0 Å². The standard InChI is InChI=1S/C11H20O4/c1-4-15-10(12)9-7-5-6-8-11(9,13-2)14-3/h9H,4-8H2,1-3H3/t9-/m0/s1. The van der Waals surface area contributed by atoms with Crippen LogP contribution >= 0.6 is 0 Å². The van der Waals surface area contributed by atoms with Gasteiger partial charge in [0.25, 0.3) is 0 Å². The maximum absolute atomic E-state index is 11.7. The molecule has 0 spiro atoms. The first-order valence-corrected chi connectivity index (χ1v) is 5.47. The van der Waals surface area contributed by atoms with Crippen molar-refractivity contribution in [2.45, 2.75) is 38.4 Å². The van der Waals surface area contributed by atoms with Gasteiger partial charge in [0.05, 0.1) is 6.61 Å². The molecule has 0 aliphatic heterocycles. The van der Waals surface area contributed by atoms with Gasteiger partial charge >= 0.3 is 5.97 Å². The maximum atomic E-state index is 11.7. The number of hydrogen-bond acceptors (Lipinski definition) is 4. The van der Waals surface area contributed by atoms with Crippen LogP contribution < -0.4 is 0 Å². The lowest BCUT2D eigenvalue weighted by Crippen LogP contribution is -2.48. The largest absolute Gasteiger partial charge is 0.466 e. The summed E-state index contributed by atoms with van der Waals surface area (Å²) in [6, 6.07) is 0. The maximum Gasteiger partial charge on any atom is 0.314 e. The van der Waals surface area contributed by atoms with Gasteiger partial charge in [-0.25, -0.2) is 0 Å². The van der Waals surface area contributed by atoms with Crippen molar-refractivity contribution < 1.29 is 19.0 Å². The topological polar surface area (TPSA) is 44.8 Å². The minimum Gasteiger partial charge on any atom is -0.466 e. The van der Waals surface area contributed by atoms with Crippen LogP contribution in [0.2, 0.25) is 0 Å². The smallest absolute Gasteiger partial charge is 0.314 e. The first-order chi connectivity index (χ1) is 7.20. The number of rotatable bonds is 4. The molecule has 0 N–H and O–H groups in total. The number of ether oxygens (including phenoxy) is 3. The highest BCUT2D eigenvalue weighted by molar-refractivity contribution is 5.73. The molecule has 1 aliphatic rings. The van der Waals surface area contributed by atoms with E-state index in [2.05, 4.69) is 0 Å². The van der Waals surface area contributed by atoms with Crippen molar-refractivity contribution >= 4 is 5.97 Å². The molecule has 1 rings (SSSR count). The van der Waals surface area contributed by atoms with Gasteiger partial charge in [0.1, 0.15) is 5.92 Å². The number of esters is 1. The summed E-state index contributed by atoms with van der Waals surface area (Å²) in [6.07, 6.45) is 3.58. The van der Waals surface area contributed by atoms with E-state index < -0.39 is 5.79 Å². The molecular weight excluding hydrogens is 196 g/mol. The van der Waals surface area contributed by atoms with E-state index in [1.807, 2.05) is 6.92 Å². The molecule has 0 aromatic rings. The lowest BCUT2D eigenvalue weighted by molar-refractivity contribution is -0.256. The predicted molar refractivity (Wildman–Crippen MR) is 55.3 cm³/mol. The lowest BCUT2D eigenvalue weighted by Gasteiger charge is -2.40. The Labute approximate surface area is 90.9 Å². The molecule has 0 heterocycles. The fourth-order valence-corrected chi connectivity index (χ4v) is 2.23. The number of carbonyl (C=O) groups excluding carboxylic acids is 1. The van der Waals surface area contributed by atoms with Gasteiger partial charge in [-0.1, -0.05) is 6.42 Å². The SMILES string of the molecule is CCOC(=O)[C@@H]1CCCCC1(OC)OC. The highest BCUT2D eigenvalue weighted by Gasteiger charge is 2.46.